The van der Waals surface area contributed by atoms with Crippen LogP contribution in [-0.2, 0) is 56.0 Å². The highest BCUT2D eigenvalue weighted by molar-refractivity contribution is 8.13. The Bertz CT molecular complexity index is 1780. The maximum atomic E-state index is 13.9. The van der Waals surface area contributed by atoms with E-state index in [4.69, 9.17) is 16.6 Å². The number of phenols is 1. The van der Waals surface area contributed by atoms with E-state index in [0.29, 0.717) is 28.6 Å². The molecule has 2 aromatic carbocycles. The second-order valence-corrected chi connectivity index (χ2v) is 14.9. The molecule has 0 bridgehead atoms. The molecule has 3 rings (SSSR count). The van der Waals surface area contributed by atoms with Crippen molar-refractivity contribution in [3.63, 3.8) is 0 Å². The fraction of sp³-hybridized carbons (Fsp3) is 0.417. The molecular weight excluding hydrogens is 785 g/mol. The molecule has 0 aromatic heterocycles. The van der Waals surface area contributed by atoms with Crippen LogP contribution in [0.3, 0.4) is 0 Å². The van der Waals surface area contributed by atoms with Crippen LogP contribution >= 0.6 is 23.5 Å². The lowest BCUT2D eigenvalue weighted by Gasteiger charge is -2.27. The Labute approximate surface area is 336 Å². The second-order valence-electron chi connectivity index (χ2n) is 12.9. The average Bonchev–Trinajstić information content (AvgIpc) is 3.16. The predicted molar refractivity (Wildman–Crippen MR) is 209 cm³/mol. The van der Waals surface area contributed by atoms with Crippen molar-refractivity contribution in [2.24, 2.45) is 11.5 Å². The van der Waals surface area contributed by atoms with E-state index >= 15 is 0 Å². The van der Waals surface area contributed by atoms with Crippen LogP contribution < -0.4 is 43.4 Å². The van der Waals surface area contributed by atoms with Crippen molar-refractivity contribution in [3.05, 3.63) is 65.7 Å². The van der Waals surface area contributed by atoms with Gasteiger partial charge in [0.2, 0.25) is 46.5 Å². The van der Waals surface area contributed by atoms with E-state index in [1.54, 1.807) is 36.6 Å². The van der Waals surface area contributed by atoms with Gasteiger partial charge in [0.25, 0.3) is 0 Å². The summed E-state index contributed by atoms with van der Waals surface area (Å²) in [5, 5.41) is 32.9. The predicted octanol–water partition coefficient (Wildman–Crippen LogP) is -2.58. The molecule has 12 N–H and O–H groups in total. The third-order valence-corrected chi connectivity index (χ3v) is 10.1. The molecule has 1 heterocycles. The lowest BCUT2D eigenvalue weighted by Crippen LogP contribution is -2.60. The highest BCUT2D eigenvalue weighted by Gasteiger charge is 2.34. The van der Waals surface area contributed by atoms with Gasteiger partial charge in [-0.05, 0) is 41.7 Å². The molecule has 0 radical (unpaired) electrons. The SMILES string of the molecule is CSCC[C@H](NC(=O)[C@@H](N)CC(=O)O)C(=O)N[C@H]1CSC(=O)[C@H](Cc2ccccc2)NC(=O)[C@H](Cc2ccc(O)cc2)NC(=O)CNC(=O)[C@H](CC(N)=O)NC1=O. The first-order valence-electron chi connectivity index (χ1n) is 17.6. The Morgan fingerprint density at radius 3 is 2.12 bits per heavy atom. The summed E-state index contributed by atoms with van der Waals surface area (Å²) in [6, 6.07) is 5.90. The molecule has 1 saturated heterocycles. The number of thioether (sulfide) groups is 2. The number of hydrogen-bond donors (Lipinski definition) is 10. The first-order valence-corrected chi connectivity index (χ1v) is 20.0. The number of aliphatic carboxylic acids is 1. The second kappa shape index (κ2) is 22.8. The molecule has 2 aromatic rings. The molecule has 0 saturated carbocycles. The minimum Gasteiger partial charge on any atom is -0.508 e. The smallest absolute Gasteiger partial charge is 0.305 e. The van der Waals surface area contributed by atoms with E-state index in [2.05, 4.69) is 31.9 Å². The summed E-state index contributed by atoms with van der Waals surface area (Å²) in [7, 11) is 0. The van der Waals surface area contributed by atoms with E-state index in [1.807, 2.05) is 0 Å². The van der Waals surface area contributed by atoms with Crippen LogP contribution in [-0.4, -0.2) is 123 Å². The lowest BCUT2D eigenvalue weighted by atomic mass is 10.0. The molecule has 1 aliphatic rings. The standard InChI is InChI=1S/C36H46N8O11S2/c1-56-12-11-23(41-31(50)22(37)15-30(48)49)33(52)44-27-18-57-36(55)26(14-19-5-3-2-4-6-19)43-34(53)24(13-20-7-9-21(45)10-8-20)40-29(47)17-39-32(51)25(16-28(38)46)42-35(27)54/h2-10,22-27,45H,11-18,37H2,1H3,(H2,38,46)(H,39,51)(H,40,47)(H,41,50)(H,42,54)(H,43,53)(H,44,52)(H,48,49)/t22-,23-,24-,25-,26-,27-/m0/s1. The molecule has 1 aliphatic heterocycles. The molecule has 7 amide bonds. The van der Waals surface area contributed by atoms with Crippen LogP contribution in [0.5, 0.6) is 5.75 Å². The fourth-order valence-corrected chi connectivity index (χ4v) is 6.78. The fourth-order valence-electron chi connectivity index (χ4n) is 5.40. The summed E-state index contributed by atoms with van der Waals surface area (Å²) in [4.78, 5) is 117. The summed E-state index contributed by atoms with van der Waals surface area (Å²) < 4.78 is 0. The Morgan fingerprint density at radius 2 is 1.49 bits per heavy atom. The molecule has 21 heteroatoms. The van der Waals surface area contributed by atoms with Crippen molar-refractivity contribution in [2.45, 2.75) is 68.4 Å². The molecular formula is C36H46N8O11S2. The quantitative estimate of drug-likeness (QED) is 0.0882. The number of benzene rings is 2. The molecule has 19 nitrogen and oxygen atoms in total. The van der Waals surface area contributed by atoms with Gasteiger partial charge in [0.1, 0.15) is 36.0 Å². The van der Waals surface area contributed by atoms with Gasteiger partial charge in [-0.25, -0.2) is 0 Å². The van der Waals surface area contributed by atoms with Crippen LogP contribution in [0.1, 0.15) is 30.4 Å². The number of carboxylic acid groups (broad SMARTS) is 1. The van der Waals surface area contributed by atoms with E-state index in [-0.39, 0.29) is 25.0 Å². The number of carbonyl (C=O) groups excluding carboxylic acids is 8. The number of primary amides is 1. The van der Waals surface area contributed by atoms with Gasteiger partial charge in [-0.1, -0.05) is 54.2 Å². The molecule has 6 atom stereocenters. The van der Waals surface area contributed by atoms with Crippen molar-refractivity contribution >= 4 is 76.0 Å². The first kappa shape index (κ1) is 45.7. The van der Waals surface area contributed by atoms with E-state index in [0.717, 1.165) is 0 Å². The molecule has 0 aliphatic carbocycles. The van der Waals surface area contributed by atoms with Gasteiger partial charge in [-0.15, -0.1) is 0 Å². The van der Waals surface area contributed by atoms with Gasteiger partial charge in [-0.2, -0.15) is 11.8 Å². The zero-order valence-electron chi connectivity index (χ0n) is 30.9. The van der Waals surface area contributed by atoms with Gasteiger partial charge < -0.3 is 53.6 Å². The number of carbonyl (C=O) groups is 9. The van der Waals surface area contributed by atoms with Gasteiger partial charge in [0.15, 0.2) is 0 Å². The van der Waals surface area contributed by atoms with Gasteiger partial charge >= 0.3 is 5.97 Å². The minimum absolute atomic E-state index is 0.0162. The zero-order valence-corrected chi connectivity index (χ0v) is 32.5. The normalized spacial score (nSPS) is 20.8. The van der Waals surface area contributed by atoms with Crippen molar-refractivity contribution < 1.29 is 53.4 Å². The molecule has 308 valence electrons. The van der Waals surface area contributed by atoms with E-state index in [1.165, 1.54) is 36.0 Å². The van der Waals surface area contributed by atoms with Gasteiger partial charge in [0, 0.05) is 18.6 Å². The maximum absolute atomic E-state index is 13.9. The topological polar surface area (TPSA) is 318 Å². The van der Waals surface area contributed by atoms with Crippen molar-refractivity contribution in [1.29, 1.82) is 0 Å². The Morgan fingerprint density at radius 1 is 0.860 bits per heavy atom. The van der Waals surface area contributed by atoms with Crippen LogP contribution in [0.25, 0.3) is 0 Å². The summed E-state index contributed by atoms with van der Waals surface area (Å²) >= 11 is 1.89. The highest BCUT2D eigenvalue weighted by Crippen LogP contribution is 2.16. The zero-order chi connectivity index (χ0) is 42.1. The molecule has 57 heavy (non-hydrogen) atoms. The molecule has 0 unspecified atom stereocenters. The van der Waals surface area contributed by atoms with Crippen LogP contribution in [0.2, 0.25) is 0 Å². The third-order valence-electron chi connectivity index (χ3n) is 8.37. The largest absolute Gasteiger partial charge is 0.508 e. The minimum atomic E-state index is -1.65. The Balaban J connectivity index is 2.00. The van der Waals surface area contributed by atoms with Crippen LogP contribution in [0, 0.1) is 0 Å². The summed E-state index contributed by atoms with van der Waals surface area (Å²) in [6.45, 7) is -0.716. The number of phenolic OH excluding ortho intramolecular Hbond substituents is 1. The Kier molecular flexibility index (Phi) is 18.3. The van der Waals surface area contributed by atoms with Gasteiger partial charge in [-0.3, -0.25) is 43.2 Å². The van der Waals surface area contributed by atoms with Crippen molar-refractivity contribution in [1.82, 2.24) is 31.9 Å². The van der Waals surface area contributed by atoms with Crippen LogP contribution in [0.15, 0.2) is 54.6 Å². The number of rotatable bonds is 15. The summed E-state index contributed by atoms with van der Waals surface area (Å²) in [5.74, 6) is -8.07. The number of nitrogens with one attached hydrogen (secondary N) is 6. The van der Waals surface area contributed by atoms with Crippen LogP contribution in [0.4, 0.5) is 0 Å². The summed E-state index contributed by atoms with van der Waals surface area (Å²) in [6.07, 6.45) is 0.190. The molecule has 0 spiro atoms. The van der Waals surface area contributed by atoms with E-state index in [9.17, 15) is 48.3 Å². The average molecular weight is 831 g/mol. The number of carboxylic acids is 1. The number of aromatic hydroxyl groups is 1. The number of amides is 7. The van der Waals surface area contributed by atoms with Crippen molar-refractivity contribution in [2.75, 3.05) is 24.3 Å². The van der Waals surface area contributed by atoms with Crippen molar-refractivity contribution in [3.8, 4) is 5.75 Å². The van der Waals surface area contributed by atoms with E-state index < -0.39 is 114 Å². The summed E-state index contributed by atoms with van der Waals surface area (Å²) in [5.41, 5.74) is 12.2. The first-order chi connectivity index (χ1) is 27.1. The third kappa shape index (κ3) is 15.8. The highest BCUT2D eigenvalue weighted by atomic mass is 32.2. The number of hydrogen-bond acceptors (Lipinski definition) is 13. The number of nitrogens with two attached hydrogens (primary N) is 2. The monoisotopic (exact) mass is 830 g/mol. The van der Waals surface area contributed by atoms with Gasteiger partial charge in [0.05, 0.1) is 25.4 Å². The maximum Gasteiger partial charge on any atom is 0.305 e. The Hall–Kier alpha value is -5.67. The lowest BCUT2D eigenvalue weighted by molar-refractivity contribution is -0.140. The molecule has 1 fully saturated rings.